The number of ether oxygens (including phenoxy) is 1. The summed E-state index contributed by atoms with van der Waals surface area (Å²) in [6.45, 7) is 0. The third-order valence-corrected chi connectivity index (χ3v) is 4.56. The van der Waals surface area contributed by atoms with E-state index in [0.717, 1.165) is 22.0 Å². The van der Waals surface area contributed by atoms with Gasteiger partial charge in [-0.3, -0.25) is 25.2 Å². The van der Waals surface area contributed by atoms with Crippen LogP contribution in [-0.2, 0) is 0 Å². The van der Waals surface area contributed by atoms with Crippen molar-refractivity contribution < 1.29 is 14.6 Å². The minimum absolute atomic E-state index is 0.120. The SMILES string of the molecule is O=[N+]([O-])c1ccc(Oc2c(Br)cc(Br)c3cccnc23)c([N+](=O)[O-])c1. The van der Waals surface area contributed by atoms with Crippen molar-refractivity contribution in [3.63, 3.8) is 0 Å². The smallest absolute Gasteiger partial charge is 0.318 e. The molecular formula is C15H7Br2N3O5. The second kappa shape index (κ2) is 6.73. The fourth-order valence-electron chi connectivity index (χ4n) is 2.20. The molecule has 0 unspecified atom stereocenters. The van der Waals surface area contributed by atoms with E-state index in [-0.39, 0.29) is 11.5 Å². The van der Waals surface area contributed by atoms with Gasteiger partial charge in [-0.25, -0.2) is 0 Å². The number of nitro groups is 2. The molecule has 0 aliphatic rings. The Balaban J connectivity index is 2.17. The largest absolute Gasteiger partial charge is 0.447 e. The van der Waals surface area contributed by atoms with Gasteiger partial charge < -0.3 is 4.74 Å². The summed E-state index contributed by atoms with van der Waals surface area (Å²) in [5.74, 6) is 0.154. The number of non-ortho nitro benzene ring substituents is 1. The molecule has 8 nitrogen and oxygen atoms in total. The molecule has 0 N–H and O–H groups in total. The van der Waals surface area contributed by atoms with Crippen LogP contribution >= 0.6 is 31.9 Å². The molecule has 0 saturated carbocycles. The van der Waals surface area contributed by atoms with Crippen LogP contribution in [-0.4, -0.2) is 14.8 Å². The van der Waals surface area contributed by atoms with Crippen molar-refractivity contribution in [2.45, 2.75) is 0 Å². The summed E-state index contributed by atoms with van der Waals surface area (Å²) < 4.78 is 7.01. The van der Waals surface area contributed by atoms with E-state index in [1.165, 1.54) is 6.07 Å². The number of aromatic nitrogens is 1. The average molecular weight is 469 g/mol. The molecule has 1 heterocycles. The van der Waals surface area contributed by atoms with Gasteiger partial charge in [0.1, 0.15) is 5.52 Å². The van der Waals surface area contributed by atoms with Gasteiger partial charge in [-0.15, -0.1) is 0 Å². The number of halogens is 2. The third-order valence-electron chi connectivity index (χ3n) is 3.31. The third kappa shape index (κ3) is 3.30. The second-order valence-corrected chi connectivity index (χ2v) is 6.55. The summed E-state index contributed by atoms with van der Waals surface area (Å²) in [4.78, 5) is 24.9. The molecule has 0 fully saturated rings. The summed E-state index contributed by atoms with van der Waals surface area (Å²) in [6.07, 6.45) is 1.57. The molecule has 3 aromatic rings. The van der Waals surface area contributed by atoms with E-state index >= 15 is 0 Å². The number of hydrogen-bond donors (Lipinski definition) is 0. The summed E-state index contributed by atoms with van der Waals surface area (Å²) in [6, 6.07) is 8.49. The van der Waals surface area contributed by atoms with Gasteiger partial charge in [-0.1, -0.05) is 22.0 Å². The molecule has 25 heavy (non-hydrogen) atoms. The van der Waals surface area contributed by atoms with Gasteiger partial charge in [0, 0.05) is 22.1 Å². The zero-order valence-electron chi connectivity index (χ0n) is 12.2. The molecule has 0 radical (unpaired) electrons. The second-order valence-electron chi connectivity index (χ2n) is 4.84. The predicted octanol–water partition coefficient (Wildman–Crippen LogP) is 5.37. The summed E-state index contributed by atoms with van der Waals surface area (Å²) in [5.41, 5.74) is -0.415. The molecule has 0 spiro atoms. The van der Waals surface area contributed by atoms with Crippen LogP contribution < -0.4 is 4.74 Å². The maximum absolute atomic E-state index is 11.3. The minimum atomic E-state index is -0.731. The highest BCUT2D eigenvalue weighted by molar-refractivity contribution is 9.11. The first kappa shape index (κ1) is 17.2. The highest BCUT2D eigenvalue weighted by Crippen LogP contribution is 2.42. The lowest BCUT2D eigenvalue weighted by Crippen LogP contribution is -1.97. The standard InChI is InChI=1S/C15H7Br2N3O5/c16-10-7-11(17)15(14-9(10)2-1-5-18-14)25-13-4-3-8(19(21)22)6-12(13)20(23)24/h1-7H. The summed E-state index contributed by atoms with van der Waals surface area (Å²) >= 11 is 6.77. The summed E-state index contributed by atoms with van der Waals surface area (Å²) in [5, 5.41) is 22.8. The minimum Gasteiger partial charge on any atom is -0.447 e. The van der Waals surface area contributed by atoms with Crippen LogP contribution in [0.2, 0.25) is 0 Å². The lowest BCUT2D eigenvalue weighted by molar-refractivity contribution is -0.394. The van der Waals surface area contributed by atoms with E-state index in [2.05, 4.69) is 36.8 Å². The van der Waals surface area contributed by atoms with E-state index in [1.807, 2.05) is 6.07 Å². The molecule has 0 saturated heterocycles. The van der Waals surface area contributed by atoms with E-state index in [4.69, 9.17) is 4.74 Å². The Morgan fingerprint density at radius 2 is 1.76 bits per heavy atom. The average Bonchev–Trinajstić information content (AvgIpc) is 2.58. The van der Waals surface area contributed by atoms with Gasteiger partial charge in [0.2, 0.25) is 5.75 Å². The number of hydrogen-bond acceptors (Lipinski definition) is 6. The van der Waals surface area contributed by atoms with Crippen molar-refractivity contribution in [1.29, 1.82) is 0 Å². The monoisotopic (exact) mass is 467 g/mol. The van der Waals surface area contributed by atoms with E-state index in [9.17, 15) is 20.2 Å². The predicted molar refractivity (Wildman–Crippen MR) is 97.0 cm³/mol. The van der Waals surface area contributed by atoms with Crippen LogP contribution in [0.1, 0.15) is 0 Å². The fourth-order valence-corrected chi connectivity index (χ4v) is 3.56. The van der Waals surface area contributed by atoms with Gasteiger partial charge in [0.15, 0.2) is 5.75 Å². The Morgan fingerprint density at radius 1 is 1.00 bits per heavy atom. The van der Waals surface area contributed by atoms with E-state index in [1.54, 1.807) is 18.3 Å². The Labute approximate surface area is 157 Å². The molecule has 10 heteroatoms. The molecule has 1 aromatic heterocycles. The van der Waals surface area contributed by atoms with Crippen molar-refractivity contribution >= 4 is 54.1 Å². The number of benzene rings is 2. The maximum Gasteiger partial charge on any atom is 0.318 e. The molecule has 0 bridgehead atoms. The van der Waals surface area contributed by atoms with E-state index < -0.39 is 21.2 Å². The number of nitro benzene ring substituents is 2. The molecule has 0 amide bonds. The molecule has 126 valence electrons. The molecule has 0 atom stereocenters. The first-order chi connectivity index (χ1) is 11.9. The van der Waals surface area contributed by atoms with Gasteiger partial charge in [0.25, 0.3) is 5.69 Å². The lowest BCUT2D eigenvalue weighted by Gasteiger charge is -2.11. The van der Waals surface area contributed by atoms with Gasteiger partial charge in [0.05, 0.1) is 20.4 Å². The number of nitrogens with zero attached hydrogens (tertiary/aromatic N) is 3. The van der Waals surface area contributed by atoms with Crippen molar-refractivity contribution in [3.8, 4) is 11.5 Å². The Morgan fingerprint density at radius 3 is 2.44 bits per heavy atom. The number of rotatable bonds is 4. The number of fused-ring (bicyclic) bond motifs is 1. The lowest BCUT2D eigenvalue weighted by atomic mass is 10.2. The Hall–Kier alpha value is -2.59. The first-order valence-corrected chi connectivity index (χ1v) is 8.30. The summed E-state index contributed by atoms with van der Waals surface area (Å²) in [7, 11) is 0. The van der Waals surface area contributed by atoms with Crippen molar-refractivity contribution in [3.05, 3.63) is 71.8 Å². The van der Waals surface area contributed by atoms with Crippen LogP contribution in [0.25, 0.3) is 10.9 Å². The highest BCUT2D eigenvalue weighted by atomic mass is 79.9. The molecule has 3 rings (SSSR count). The topological polar surface area (TPSA) is 108 Å². The molecular weight excluding hydrogens is 462 g/mol. The molecule has 0 aliphatic heterocycles. The van der Waals surface area contributed by atoms with Crippen LogP contribution in [0, 0.1) is 20.2 Å². The maximum atomic E-state index is 11.3. The number of pyridine rings is 1. The van der Waals surface area contributed by atoms with Crippen molar-refractivity contribution in [2.75, 3.05) is 0 Å². The zero-order chi connectivity index (χ0) is 18.1. The van der Waals surface area contributed by atoms with E-state index in [0.29, 0.717) is 9.99 Å². The van der Waals surface area contributed by atoms with Gasteiger partial charge >= 0.3 is 5.69 Å². The first-order valence-electron chi connectivity index (χ1n) is 6.72. The van der Waals surface area contributed by atoms with Crippen molar-refractivity contribution in [1.82, 2.24) is 4.98 Å². The molecule has 0 aliphatic carbocycles. The van der Waals surface area contributed by atoms with Crippen LogP contribution in [0.5, 0.6) is 11.5 Å². The Bertz CT molecular complexity index is 1030. The Kier molecular flexibility index (Phi) is 4.64. The fraction of sp³-hybridized carbons (Fsp3) is 0. The van der Waals surface area contributed by atoms with Gasteiger partial charge in [-0.2, -0.15) is 0 Å². The van der Waals surface area contributed by atoms with Crippen molar-refractivity contribution in [2.24, 2.45) is 0 Å². The highest BCUT2D eigenvalue weighted by Gasteiger charge is 2.23. The molecule has 2 aromatic carbocycles. The zero-order valence-corrected chi connectivity index (χ0v) is 15.4. The van der Waals surface area contributed by atoms with Gasteiger partial charge in [-0.05, 0) is 34.1 Å². The van der Waals surface area contributed by atoms with Crippen LogP contribution in [0.3, 0.4) is 0 Å². The quantitative estimate of drug-likeness (QED) is 0.376. The normalized spacial score (nSPS) is 10.6. The van der Waals surface area contributed by atoms with Crippen LogP contribution in [0.15, 0.2) is 51.5 Å². The van der Waals surface area contributed by atoms with Crippen LogP contribution in [0.4, 0.5) is 11.4 Å².